The zero-order valence-electron chi connectivity index (χ0n) is 16.4. The number of nitrogens with zero attached hydrogens (tertiary/aromatic N) is 7. The Bertz CT molecular complexity index is 823. The molecule has 142 valence electrons. The zero-order valence-corrected chi connectivity index (χ0v) is 16.4. The summed E-state index contributed by atoms with van der Waals surface area (Å²) in [5.41, 5.74) is 1.01. The van der Waals surface area contributed by atoms with Crippen molar-refractivity contribution in [2.24, 2.45) is 7.05 Å². The normalized spacial score (nSPS) is 17.6. The van der Waals surface area contributed by atoms with E-state index in [0.717, 1.165) is 55.6 Å². The van der Waals surface area contributed by atoms with Gasteiger partial charge in [-0.05, 0) is 26.2 Å². The maximum Gasteiger partial charge on any atom is 0.345 e. The molecule has 0 N–H and O–H groups in total. The summed E-state index contributed by atoms with van der Waals surface area (Å²) >= 11 is 0. The van der Waals surface area contributed by atoms with E-state index in [4.69, 9.17) is 4.98 Å². The van der Waals surface area contributed by atoms with Crippen molar-refractivity contribution in [3.05, 3.63) is 28.1 Å². The smallest absolute Gasteiger partial charge is 0.345 e. The molecule has 1 aliphatic rings. The number of piperidine rings is 1. The van der Waals surface area contributed by atoms with Gasteiger partial charge < -0.3 is 9.80 Å². The second-order valence-electron chi connectivity index (χ2n) is 7.06. The van der Waals surface area contributed by atoms with Crippen LogP contribution in [0.3, 0.4) is 0 Å². The Balaban J connectivity index is 1.91. The Morgan fingerprint density at radius 1 is 1.27 bits per heavy atom. The lowest BCUT2D eigenvalue weighted by molar-refractivity contribution is 0.468. The Labute approximate surface area is 154 Å². The minimum absolute atomic E-state index is 0.0372. The van der Waals surface area contributed by atoms with Gasteiger partial charge in [-0.3, -0.25) is 4.57 Å². The van der Waals surface area contributed by atoms with Crippen LogP contribution in [0, 0.1) is 0 Å². The Hall–Kier alpha value is -2.38. The Kier molecular flexibility index (Phi) is 5.29. The lowest BCUT2D eigenvalue weighted by atomic mass is 9.97. The molecule has 3 rings (SSSR count). The van der Waals surface area contributed by atoms with Crippen molar-refractivity contribution in [1.29, 1.82) is 0 Å². The van der Waals surface area contributed by atoms with Crippen molar-refractivity contribution in [3.8, 4) is 0 Å². The quantitative estimate of drug-likeness (QED) is 0.804. The molecule has 8 heteroatoms. The molecule has 0 amide bonds. The van der Waals surface area contributed by atoms with Gasteiger partial charge in [-0.25, -0.2) is 14.5 Å². The summed E-state index contributed by atoms with van der Waals surface area (Å²) in [7, 11) is 5.65. The first-order valence-electron chi connectivity index (χ1n) is 9.38. The van der Waals surface area contributed by atoms with Gasteiger partial charge >= 0.3 is 5.69 Å². The highest BCUT2D eigenvalue weighted by atomic mass is 16.2. The van der Waals surface area contributed by atoms with Crippen LogP contribution in [-0.2, 0) is 20.0 Å². The van der Waals surface area contributed by atoms with E-state index < -0.39 is 0 Å². The van der Waals surface area contributed by atoms with E-state index in [1.165, 1.54) is 4.68 Å². The van der Waals surface area contributed by atoms with Crippen LogP contribution in [0.5, 0.6) is 0 Å². The van der Waals surface area contributed by atoms with Crippen molar-refractivity contribution < 1.29 is 0 Å². The minimum Gasteiger partial charge on any atom is -0.356 e. The maximum absolute atomic E-state index is 12.2. The van der Waals surface area contributed by atoms with Crippen LogP contribution >= 0.6 is 0 Å². The molecule has 2 aromatic rings. The van der Waals surface area contributed by atoms with E-state index in [-0.39, 0.29) is 11.6 Å². The fraction of sp³-hybridized carbons (Fsp3) is 0.667. The first kappa shape index (κ1) is 18.4. The first-order chi connectivity index (χ1) is 12.4. The summed E-state index contributed by atoms with van der Waals surface area (Å²) in [5.74, 6) is 2.83. The Morgan fingerprint density at radius 2 is 2.04 bits per heavy atom. The molecule has 0 radical (unpaired) electrons. The number of hydrogen-bond acceptors (Lipinski definition) is 6. The summed E-state index contributed by atoms with van der Waals surface area (Å²) in [5, 5.41) is 4.51. The zero-order chi connectivity index (χ0) is 18.8. The number of anilines is 2. The monoisotopic (exact) mass is 359 g/mol. The first-order valence-corrected chi connectivity index (χ1v) is 9.38. The third-order valence-corrected chi connectivity index (χ3v) is 4.98. The number of hydrogen-bond donors (Lipinski definition) is 0. The fourth-order valence-corrected chi connectivity index (χ4v) is 3.53. The molecule has 1 unspecified atom stereocenters. The van der Waals surface area contributed by atoms with Crippen LogP contribution in [0.1, 0.15) is 44.1 Å². The summed E-state index contributed by atoms with van der Waals surface area (Å²) in [6.45, 7) is 6.54. The van der Waals surface area contributed by atoms with Gasteiger partial charge in [0.2, 0.25) is 5.95 Å². The topological polar surface area (TPSA) is 72.1 Å². The molecule has 1 aliphatic heterocycles. The molecule has 1 atom stereocenters. The van der Waals surface area contributed by atoms with Gasteiger partial charge in [0.25, 0.3) is 0 Å². The molecular formula is C18H29N7O. The molecule has 2 aromatic heterocycles. The predicted octanol–water partition coefficient (Wildman–Crippen LogP) is 1.40. The third kappa shape index (κ3) is 3.45. The molecule has 0 aromatic carbocycles. The molecule has 0 aliphatic carbocycles. The van der Waals surface area contributed by atoms with Crippen LogP contribution in [0.4, 0.5) is 11.8 Å². The molecule has 1 saturated heterocycles. The lowest BCUT2D eigenvalue weighted by Crippen LogP contribution is -2.37. The van der Waals surface area contributed by atoms with E-state index in [2.05, 4.69) is 28.0 Å². The summed E-state index contributed by atoms with van der Waals surface area (Å²) in [6.07, 6.45) is 2.98. The van der Waals surface area contributed by atoms with Crippen molar-refractivity contribution in [2.75, 3.05) is 37.0 Å². The van der Waals surface area contributed by atoms with E-state index in [0.29, 0.717) is 6.54 Å². The largest absolute Gasteiger partial charge is 0.356 e. The summed E-state index contributed by atoms with van der Waals surface area (Å²) in [4.78, 5) is 25.8. The molecule has 0 bridgehead atoms. The second-order valence-corrected chi connectivity index (χ2v) is 7.06. The van der Waals surface area contributed by atoms with Crippen LogP contribution in [0.25, 0.3) is 0 Å². The van der Waals surface area contributed by atoms with Crippen LogP contribution < -0.4 is 15.5 Å². The molecule has 0 saturated carbocycles. The Morgan fingerprint density at radius 3 is 2.69 bits per heavy atom. The SMILES string of the molecule is CCc1cc(N2CCCC(c3nn(C)c(=O)n3CC)C2)nc(N(C)C)n1. The predicted molar refractivity (Wildman–Crippen MR) is 103 cm³/mol. The van der Waals surface area contributed by atoms with Gasteiger partial charge in [0.15, 0.2) is 0 Å². The van der Waals surface area contributed by atoms with Gasteiger partial charge in [-0.15, -0.1) is 0 Å². The molecule has 3 heterocycles. The molecule has 8 nitrogen and oxygen atoms in total. The average molecular weight is 359 g/mol. The third-order valence-electron chi connectivity index (χ3n) is 4.98. The highest BCUT2D eigenvalue weighted by Gasteiger charge is 2.27. The van der Waals surface area contributed by atoms with Gasteiger partial charge in [-0.1, -0.05) is 6.92 Å². The summed E-state index contributed by atoms with van der Waals surface area (Å²) in [6, 6.07) is 2.08. The fourth-order valence-electron chi connectivity index (χ4n) is 3.53. The van der Waals surface area contributed by atoms with E-state index >= 15 is 0 Å². The number of rotatable bonds is 5. The van der Waals surface area contributed by atoms with Crippen LogP contribution in [0.15, 0.2) is 10.9 Å². The van der Waals surface area contributed by atoms with Crippen LogP contribution in [0.2, 0.25) is 0 Å². The highest BCUT2D eigenvalue weighted by molar-refractivity contribution is 5.46. The second kappa shape index (κ2) is 7.47. The molecule has 1 fully saturated rings. The highest BCUT2D eigenvalue weighted by Crippen LogP contribution is 2.29. The number of aromatic nitrogens is 5. The number of aryl methyl sites for hydroxylation is 2. The lowest BCUT2D eigenvalue weighted by Gasteiger charge is -2.33. The van der Waals surface area contributed by atoms with E-state index in [9.17, 15) is 4.79 Å². The van der Waals surface area contributed by atoms with Gasteiger partial charge in [0, 0.05) is 58.5 Å². The van der Waals surface area contributed by atoms with Gasteiger partial charge in [0.05, 0.1) is 0 Å². The van der Waals surface area contributed by atoms with Crippen molar-refractivity contribution in [2.45, 2.75) is 45.6 Å². The van der Waals surface area contributed by atoms with E-state index in [1.807, 2.05) is 25.9 Å². The van der Waals surface area contributed by atoms with E-state index in [1.54, 1.807) is 11.6 Å². The maximum atomic E-state index is 12.2. The standard InChI is InChI=1S/C18H29N7O/c1-6-14-11-15(20-17(19-14)22(3)4)24-10-8-9-13(12-24)16-21-23(5)18(26)25(16)7-2/h11,13H,6-10,12H2,1-5H3. The van der Waals surface area contributed by atoms with Crippen molar-refractivity contribution in [3.63, 3.8) is 0 Å². The van der Waals surface area contributed by atoms with Gasteiger partial charge in [-0.2, -0.15) is 10.1 Å². The van der Waals surface area contributed by atoms with Crippen molar-refractivity contribution >= 4 is 11.8 Å². The minimum atomic E-state index is -0.0372. The van der Waals surface area contributed by atoms with Crippen LogP contribution in [-0.4, -0.2) is 51.5 Å². The average Bonchev–Trinajstić information content (AvgIpc) is 2.95. The molecule has 0 spiro atoms. The molecule has 26 heavy (non-hydrogen) atoms. The summed E-state index contributed by atoms with van der Waals surface area (Å²) < 4.78 is 3.23. The molecular weight excluding hydrogens is 330 g/mol. The van der Waals surface area contributed by atoms with Crippen molar-refractivity contribution in [1.82, 2.24) is 24.3 Å². The van der Waals surface area contributed by atoms with Gasteiger partial charge in [0.1, 0.15) is 11.6 Å².